The Morgan fingerprint density at radius 1 is 1.21 bits per heavy atom. The van der Waals surface area contributed by atoms with E-state index >= 15 is 0 Å². The SMILES string of the molecule is COC(=O)C1=C(C)NC(C)=C(C(=O)OCCSC)[C@H]1c1cccc([N+](=O)[O-])c1. The summed E-state index contributed by atoms with van der Waals surface area (Å²) in [5.74, 6) is -1.41. The second kappa shape index (κ2) is 9.41. The second-order valence-corrected chi connectivity index (χ2v) is 7.09. The molecule has 1 aromatic carbocycles. The number of benzene rings is 1. The lowest BCUT2D eigenvalue weighted by atomic mass is 9.80. The fraction of sp³-hybridized carbons (Fsp3) is 0.368. The van der Waals surface area contributed by atoms with E-state index in [1.54, 1.807) is 19.9 Å². The molecule has 0 fully saturated rings. The quantitative estimate of drug-likeness (QED) is 0.319. The molecule has 0 saturated carbocycles. The number of nitro groups is 1. The number of hydrogen-bond acceptors (Lipinski definition) is 8. The van der Waals surface area contributed by atoms with Crippen molar-refractivity contribution in [1.29, 1.82) is 0 Å². The molecule has 0 unspecified atom stereocenters. The summed E-state index contributed by atoms with van der Waals surface area (Å²) in [5, 5.41) is 14.2. The summed E-state index contributed by atoms with van der Waals surface area (Å²) in [6, 6.07) is 5.87. The Hall–Kier alpha value is -2.81. The first-order chi connectivity index (χ1) is 13.3. The monoisotopic (exact) mass is 406 g/mol. The number of dihydropyridines is 1. The summed E-state index contributed by atoms with van der Waals surface area (Å²) >= 11 is 1.54. The maximum absolute atomic E-state index is 12.8. The number of nitrogens with one attached hydrogen (secondary N) is 1. The largest absolute Gasteiger partial charge is 0.466 e. The van der Waals surface area contributed by atoms with Gasteiger partial charge in [0, 0.05) is 29.3 Å². The van der Waals surface area contributed by atoms with Crippen LogP contribution < -0.4 is 5.32 Å². The molecule has 1 aliphatic heterocycles. The molecule has 1 aromatic rings. The standard InChI is InChI=1S/C19H22N2O6S/c1-11-15(18(22)26-3)17(13-6-5-7-14(10-13)21(24)25)16(12(2)20-11)19(23)27-8-9-28-4/h5-7,10,17,20H,8-9H2,1-4H3/t17-/m0/s1. The molecule has 0 saturated heterocycles. The lowest BCUT2D eigenvalue weighted by Gasteiger charge is -2.30. The Labute approximate surface area is 167 Å². The summed E-state index contributed by atoms with van der Waals surface area (Å²) in [7, 11) is 1.24. The average Bonchev–Trinajstić information content (AvgIpc) is 2.67. The zero-order valence-corrected chi connectivity index (χ0v) is 16.9. The number of esters is 2. The fourth-order valence-corrected chi connectivity index (χ4v) is 3.34. The highest BCUT2D eigenvalue weighted by atomic mass is 32.2. The van der Waals surface area contributed by atoms with Crippen molar-refractivity contribution in [2.75, 3.05) is 25.7 Å². The van der Waals surface area contributed by atoms with Gasteiger partial charge in [0.1, 0.15) is 6.61 Å². The van der Waals surface area contributed by atoms with E-state index in [0.717, 1.165) is 0 Å². The molecule has 0 amide bonds. The smallest absolute Gasteiger partial charge is 0.336 e. The van der Waals surface area contributed by atoms with Crippen LogP contribution in [0, 0.1) is 10.1 Å². The van der Waals surface area contributed by atoms with Gasteiger partial charge in [-0.2, -0.15) is 11.8 Å². The van der Waals surface area contributed by atoms with Gasteiger partial charge in [-0.25, -0.2) is 9.59 Å². The van der Waals surface area contributed by atoms with Gasteiger partial charge in [-0.1, -0.05) is 12.1 Å². The van der Waals surface area contributed by atoms with E-state index in [1.807, 2.05) is 6.26 Å². The van der Waals surface area contributed by atoms with Crippen molar-refractivity contribution in [1.82, 2.24) is 5.32 Å². The van der Waals surface area contributed by atoms with Crippen LogP contribution in [0.3, 0.4) is 0 Å². The van der Waals surface area contributed by atoms with Crippen LogP contribution >= 0.6 is 11.8 Å². The fourth-order valence-electron chi connectivity index (χ4n) is 3.09. The van der Waals surface area contributed by atoms with Crippen LogP contribution in [-0.4, -0.2) is 42.6 Å². The van der Waals surface area contributed by atoms with E-state index in [1.165, 1.54) is 37.1 Å². The molecule has 1 atom stereocenters. The van der Waals surface area contributed by atoms with E-state index in [9.17, 15) is 19.7 Å². The van der Waals surface area contributed by atoms with Crippen LogP contribution in [0.5, 0.6) is 0 Å². The predicted octanol–water partition coefficient (Wildman–Crippen LogP) is 2.91. The molecular weight excluding hydrogens is 384 g/mol. The first-order valence-corrected chi connectivity index (χ1v) is 9.88. The number of hydrogen-bond donors (Lipinski definition) is 1. The molecule has 1 heterocycles. The molecule has 0 bridgehead atoms. The third-order valence-electron chi connectivity index (χ3n) is 4.32. The number of nitrogens with zero attached hydrogens (tertiary/aromatic N) is 1. The summed E-state index contributed by atoms with van der Waals surface area (Å²) in [5.41, 5.74) is 1.78. The third kappa shape index (κ3) is 4.53. The highest BCUT2D eigenvalue weighted by Crippen LogP contribution is 2.40. The molecule has 0 spiro atoms. The van der Waals surface area contributed by atoms with Crippen LogP contribution in [0.4, 0.5) is 5.69 Å². The number of ether oxygens (including phenoxy) is 2. The van der Waals surface area contributed by atoms with Crippen molar-refractivity contribution >= 4 is 29.4 Å². The first kappa shape index (κ1) is 21.5. The van der Waals surface area contributed by atoms with Crippen LogP contribution in [0.2, 0.25) is 0 Å². The minimum absolute atomic E-state index is 0.134. The number of carbonyl (C=O) groups is 2. The molecule has 150 valence electrons. The Balaban J connectivity index is 2.60. The molecule has 9 heteroatoms. The molecule has 0 aromatic heterocycles. The number of carbonyl (C=O) groups excluding carboxylic acids is 2. The lowest BCUT2D eigenvalue weighted by Crippen LogP contribution is -2.32. The van der Waals surface area contributed by atoms with Gasteiger partial charge in [-0.15, -0.1) is 0 Å². The zero-order chi connectivity index (χ0) is 20.8. The third-order valence-corrected chi connectivity index (χ3v) is 4.90. The Morgan fingerprint density at radius 2 is 1.86 bits per heavy atom. The maximum Gasteiger partial charge on any atom is 0.336 e. The number of non-ortho nitro benzene ring substituents is 1. The number of allylic oxidation sites excluding steroid dienone is 2. The van der Waals surface area contributed by atoms with E-state index in [2.05, 4.69) is 5.32 Å². The van der Waals surface area contributed by atoms with Crippen molar-refractivity contribution in [3.8, 4) is 0 Å². The molecule has 1 N–H and O–H groups in total. The summed E-state index contributed by atoms with van der Waals surface area (Å²) in [6.45, 7) is 3.61. The van der Waals surface area contributed by atoms with Crippen molar-refractivity contribution in [2.24, 2.45) is 0 Å². The highest BCUT2D eigenvalue weighted by molar-refractivity contribution is 7.98. The summed E-state index contributed by atoms with van der Waals surface area (Å²) in [4.78, 5) is 36.0. The van der Waals surface area contributed by atoms with Crippen molar-refractivity contribution in [3.63, 3.8) is 0 Å². The Kier molecular flexibility index (Phi) is 7.22. The molecule has 1 aliphatic rings. The summed E-state index contributed by atoms with van der Waals surface area (Å²) in [6.07, 6.45) is 1.90. The lowest BCUT2D eigenvalue weighted by molar-refractivity contribution is -0.384. The van der Waals surface area contributed by atoms with Gasteiger partial charge >= 0.3 is 11.9 Å². The molecule has 8 nitrogen and oxygen atoms in total. The van der Waals surface area contributed by atoms with Crippen molar-refractivity contribution in [3.05, 3.63) is 62.5 Å². The van der Waals surface area contributed by atoms with Crippen molar-refractivity contribution < 1.29 is 24.0 Å². The van der Waals surface area contributed by atoms with Crippen LogP contribution in [0.1, 0.15) is 25.3 Å². The molecule has 28 heavy (non-hydrogen) atoms. The van der Waals surface area contributed by atoms with Crippen LogP contribution in [-0.2, 0) is 19.1 Å². The van der Waals surface area contributed by atoms with Crippen LogP contribution in [0.25, 0.3) is 0 Å². The molecule has 0 aliphatic carbocycles. The number of nitro benzene ring substituents is 1. The van der Waals surface area contributed by atoms with Gasteiger partial charge < -0.3 is 14.8 Å². The Bertz CT molecular complexity index is 862. The average molecular weight is 406 g/mol. The topological polar surface area (TPSA) is 108 Å². The number of thioether (sulfide) groups is 1. The minimum atomic E-state index is -0.838. The first-order valence-electron chi connectivity index (χ1n) is 8.49. The van der Waals surface area contributed by atoms with E-state index < -0.39 is 22.8 Å². The van der Waals surface area contributed by atoms with Gasteiger partial charge in [-0.05, 0) is 25.7 Å². The van der Waals surface area contributed by atoms with E-state index in [0.29, 0.717) is 22.7 Å². The van der Waals surface area contributed by atoms with Gasteiger partial charge in [-0.3, -0.25) is 10.1 Å². The number of methoxy groups -OCH3 is 1. The minimum Gasteiger partial charge on any atom is -0.466 e. The molecule has 2 rings (SSSR count). The van der Waals surface area contributed by atoms with Gasteiger partial charge in [0.05, 0.1) is 29.1 Å². The van der Waals surface area contributed by atoms with Gasteiger partial charge in [0.2, 0.25) is 0 Å². The maximum atomic E-state index is 12.8. The predicted molar refractivity (Wildman–Crippen MR) is 106 cm³/mol. The van der Waals surface area contributed by atoms with Gasteiger partial charge in [0.15, 0.2) is 0 Å². The van der Waals surface area contributed by atoms with Crippen molar-refractivity contribution in [2.45, 2.75) is 19.8 Å². The van der Waals surface area contributed by atoms with Crippen LogP contribution in [0.15, 0.2) is 46.8 Å². The van der Waals surface area contributed by atoms with E-state index in [-0.39, 0.29) is 23.4 Å². The van der Waals surface area contributed by atoms with E-state index in [4.69, 9.17) is 9.47 Å². The molecule has 0 radical (unpaired) electrons. The van der Waals surface area contributed by atoms with Gasteiger partial charge in [0.25, 0.3) is 5.69 Å². The summed E-state index contributed by atoms with van der Waals surface area (Å²) < 4.78 is 10.3. The highest BCUT2D eigenvalue weighted by Gasteiger charge is 2.38. The second-order valence-electron chi connectivity index (χ2n) is 6.11. The molecular formula is C19H22N2O6S. The zero-order valence-electron chi connectivity index (χ0n) is 16.1. The Morgan fingerprint density at radius 3 is 2.43 bits per heavy atom. The normalized spacial score (nSPS) is 16.5. The number of rotatable bonds is 7.